The maximum Gasteiger partial charge on any atom is 0.349 e. The van der Waals surface area contributed by atoms with E-state index in [0.29, 0.717) is 72.6 Å². The average molecular weight is 1000 g/mol. The predicted molar refractivity (Wildman–Crippen MR) is 261 cm³/mol. The third-order valence-corrected chi connectivity index (χ3v) is 17.3. The molecule has 6 N–H and O–H groups in total. The van der Waals surface area contributed by atoms with Crippen LogP contribution in [0.4, 0.5) is 16.2 Å². The zero-order chi connectivity index (χ0) is 48.9. The molecular weight excluding hydrogens is 950 g/mol. The summed E-state index contributed by atoms with van der Waals surface area (Å²) < 4.78 is 38.4. The van der Waals surface area contributed by atoms with Crippen LogP contribution in [-0.2, 0) is 25.4 Å². The molecule has 3 amide bonds. The Morgan fingerprint density at radius 1 is 0.899 bits per heavy atom. The molecule has 5 aromatic rings. The fourth-order valence-electron chi connectivity index (χ4n) is 10.2. The topological polar surface area (TPSA) is 242 Å². The van der Waals surface area contributed by atoms with Crippen LogP contribution in [-0.4, -0.2) is 110 Å². The number of aromatic carboxylic acids is 1. The Kier molecular flexibility index (Phi) is 13.3. The molecule has 3 aromatic carbocycles. The van der Waals surface area contributed by atoms with Gasteiger partial charge in [-0.2, -0.15) is 4.31 Å². The van der Waals surface area contributed by atoms with Crippen LogP contribution in [0.3, 0.4) is 0 Å². The first-order chi connectivity index (χ1) is 32.9. The van der Waals surface area contributed by atoms with Crippen LogP contribution in [0.5, 0.6) is 5.75 Å². The quantitative estimate of drug-likeness (QED) is 0.0656. The number of carboxylic acids is 2. The number of anilines is 2. The zero-order valence-corrected chi connectivity index (χ0v) is 40.4. The standard InChI is InChI=1S/C48H54ClN7O11S2/c1-48(2)24-33(50-32-8-4-6-30(22-32)42-40(49)41(67-25-39(58)59)43(68-42)45(61)62)17-20-54(48)69(65,66)26-27-5-3-7-31(21-27)51-46(63)53-18-15-28(16-19-53)29-9-12-35-37(23-29)55(34-10-11-34)47(64)56(35)36-13-14-38(57)52-44(36)60/h3-9,12,21-23,28,33-34,36,44,50,60H,10-11,13-20,24-26H2,1-2H3,(H,51,63)(H,52,57)(H,58,59)(H,61,62)/t33-,36?,44?/m0/s1. The number of carbonyl (C=O) groups excluding carboxylic acids is 2. The molecule has 1 aliphatic carbocycles. The molecule has 0 spiro atoms. The lowest BCUT2D eigenvalue weighted by molar-refractivity contribution is -0.139. The minimum Gasteiger partial charge on any atom is -0.479 e. The SMILES string of the molecule is CC1(C)C[C@@H](Nc2cccc(-c3sc(C(=O)O)c(OCC(=O)O)c3Cl)c2)CCN1S(=O)(=O)Cc1cccc(NC(=O)N2CCC(c3ccc4c(c3)n(C3CC3)c(=O)n4C3CCC(=O)NC3O)CC2)c1. The number of rotatable bonds is 14. The van der Waals surface area contributed by atoms with Gasteiger partial charge in [-0.05, 0) is 118 Å². The van der Waals surface area contributed by atoms with Gasteiger partial charge in [0.2, 0.25) is 15.9 Å². The lowest BCUT2D eigenvalue weighted by Crippen LogP contribution is -2.55. The van der Waals surface area contributed by atoms with E-state index in [0.717, 1.165) is 40.8 Å². The summed E-state index contributed by atoms with van der Waals surface area (Å²) in [4.78, 5) is 64.2. The molecule has 18 nitrogen and oxygen atoms in total. The number of halogens is 1. The Hall–Kier alpha value is -5.93. The smallest absolute Gasteiger partial charge is 0.349 e. The summed E-state index contributed by atoms with van der Waals surface area (Å²) in [6, 6.07) is 19.3. The van der Waals surface area contributed by atoms with Gasteiger partial charge in [0, 0.05) is 55.1 Å². The second kappa shape index (κ2) is 19.1. The first-order valence-corrected chi connectivity index (χ1v) is 25.8. The number of imidazole rings is 1. The number of carbonyl (C=O) groups is 4. The highest BCUT2D eigenvalue weighted by Crippen LogP contribution is 2.46. The summed E-state index contributed by atoms with van der Waals surface area (Å²) in [6.07, 6.45) is 3.68. The van der Waals surface area contributed by atoms with Crippen molar-refractivity contribution < 1.29 is 47.7 Å². The summed E-state index contributed by atoms with van der Waals surface area (Å²) >= 11 is 7.41. The number of aliphatic hydroxyl groups is 1. The highest BCUT2D eigenvalue weighted by Gasteiger charge is 2.42. The molecule has 366 valence electrons. The monoisotopic (exact) mass is 1000 g/mol. The van der Waals surface area contributed by atoms with Crippen molar-refractivity contribution in [2.75, 3.05) is 36.9 Å². The summed E-state index contributed by atoms with van der Waals surface area (Å²) in [6.45, 7) is 4.29. The van der Waals surface area contributed by atoms with E-state index in [4.69, 9.17) is 21.4 Å². The van der Waals surface area contributed by atoms with Gasteiger partial charge < -0.3 is 40.9 Å². The summed E-state index contributed by atoms with van der Waals surface area (Å²) in [5.41, 5.74) is 4.03. The third kappa shape index (κ3) is 10.1. The van der Waals surface area contributed by atoms with Gasteiger partial charge in [0.1, 0.15) is 11.3 Å². The lowest BCUT2D eigenvalue weighted by atomic mass is 9.89. The molecule has 3 aliphatic heterocycles. The number of amides is 3. The molecule has 2 aromatic heterocycles. The number of ether oxygens (including phenoxy) is 1. The number of nitrogens with zero attached hydrogens (tertiary/aromatic N) is 4. The molecule has 21 heteroatoms. The van der Waals surface area contributed by atoms with Crippen molar-refractivity contribution in [3.8, 4) is 16.2 Å². The second-order valence-corrected chi connectivity index (χ2v) is 22.3. The molecule has 1 saturated carbocycles. The number of aliphatic carboxylic acids is 1. The molecule has 3 saturated heterocycles. The van der Waals surface area contributed by atoms with E-state index in [1.165, 1.54) is 0 Å². The number of urea groups is 1. The van der Waals surface area contributed by atoms with Crippen molar-refractivity contribution >= 4 is 79.2 Å². The number of nitrogens with one attached hydrogen (secondary N) is 3. The summed E-state index contributed by atoms with van der Waals surface area (Å²) in [5, 5.41) is 38.5. The van der Waals surface area contributed by atoms with Crippen LogP contribution < -0.4 is 26.4 Å². The van der Waals surface area contributed by atoms with Gasteiger partial charge in [0.05, 0.1) is 27.7 Å². The number of hydrogen-bond acceptors (Lipinski definition) is 11. The Morgan fingerprint density at radius 3 is 2.33 bits per heavy atom. The van der Waals surface area contributed by atoms with Crippen LogP contribution in [0.2, 0.25) is 5.02 Å². The zero-order valence-electron chi connectivity index (χ0n) is 38.0. The molecule has 3 atom stereocenters. The molecule has 69 heavy (non-hydrogen) atoms. The van der Waals surface area contributed by atoms with Crippen LogP contribution in [0.25, 0.3) is 21.5 Å². The first kappa shape index (κ1) is 48.1. The van der Waals surface area contributed by atoms with Gasteiger partial charge in [-0.1, -0.05) is 41.9 Å². The van der Waals surface area contributed by atoms with Gasteiger partial charge in [-0.3, -0.25) is 13.9 Å². The third-order valence-electron chi connectivity index (χ3n) is 13.6. The minimum absolute atomic E-state index is 0.000397. The maximum atomic E-state index is 14.1. The van der Waals surface area contributed by atoms with Crippen LogP contribution in [0, 0.1) is 0 Å². The van der Waals surface area contributed by atoms with E-state index in [-0.39, 0.29) is 70.0 Å². The van der Waals surface area contributed by atoms with Gasteiger partial charge in [-0.15, -0.1) is 11.3 Å². The van der Waals surface area contributed by atoms with Gasteiger partial charge in [0.15, 0.2) is 17.2 Å². The molecule has 4 aliphatic rings. The molecule has 4 fully saturated rings. The number of sulfonamides is 1. The Labute approximate surface area is 406 Å². The van der Waals surface area contributed by atoms with Gasteiger partial charge >= 0.3 is 23.7 Å². The van der Waals surface area contributed by atoms with Crippen molar-refractivity contribution in [2.24, 2.45) is 0 Å². The molecular formula is C48H54ClN7O11S2. The van der Waals surface area contributed by atoms with Crippen molar-refractivity contribution in [1.82, 2.24) is 23.7 Å². The molecule has 0 bridgehead atoms. The first-order valence-electron chi connectivity index (χ1n) is 23.0. The number of fused-ring (bicyclic) bond motifs is 1. The van der Waals surface area contributed by atoms with Gasteiger partial charge in [-0.25, -0.2) is 27.6 Å². The number of aromatic nitrogens is 2. The Bertz CT molecular complexity index is 3010. The van der Waals surface area contributed by atoms with Crippen molar-refractivity contribution in [2.45, 2.75) is 107 Å². The highest BCUT2D eigenvalue weighted by molar-refractivity contribution is 7.88. The summed E-state index contributed by atoms with van der Waals surface area (Å²) in [7, 11) is -3.81. The summed E-state index contributed by atoms with van der Waals surface area (Å²) in [5.74, 6) is -3.11. The van der Waals surface area contributed by atoms with Gasteiger partial charge in [0.25, 0.3) is 0 Å². The van der Waals surface area contributed by atoms with E-state index in [1.54, 1.807) is 56.2 Å². The average Bonchev–Trinajstić information content (AvgIpc) is 4.01. The van der Waals surface area contributed by atoms with Crippen molar-refractivity contribution in [3.05, 3.63) is 98.2 Å². The lowest BCUT2D eigenvalue weighted by Gasteiger charge is -2.45. The normalized spacial score (nSPS) is 21.2. The number of thiophene rings is 1. The van der Waals surface area contributed by atoms with E-state index in [2.05, 4.69) is 22.0 Å². The second-order valence-electron chi connectivity index (χ2n) is 19.0. The fraction of sp³-hybridized carbons (Fsp3) is 0.438. The number of piperidine rings is 3. The number of hydrogen-bond donors (Lipinski definition) is 6. The fourth-order valence-corrected chi connectivity index (χ4v) is 13.6. The molecule has 2 unspecified atom stereocenters. The largest absolute Gasteiger partial charge is 0.479 e. The number of likely N-dealkylation sites (tertiary alicyclic amines) is 1. The predicted octanol–water partition coefficient (Wildman–Crippen LogP) is 7.05. The highest BCUT2D eigenvalue weighted by atomic mass is 35.5. The van der Waals surface area contributed by atoms with Crippen LogP contribution in [0.15, 0.2) is 71.5 Å². The Morgan fingerprint density at radius 2 is 1.64 bits per heavy atom. The van der Waals surface area contributed by atoms with Crippen molar-refractivity contribution in [1.29, 1.82) is 0 Å². The van der Waals surface area contributed by atoms with Crippen molar-refractivity contribution in [3.63, 3.8) is 0 Å². The van der Waals surface area contributed by atoms with E-state index >= 15 is 0 Å². The van der Waals surface area contributed by atoms with E-state index in [1.807, 2.05) is 36.6 Å². The number of benzene rings is 3. The molecule has 5 heterocycles. The molecule has 9 rings (SSSR count). The van der Waals surface area contributed by atoms with E-state index < -0.39 is 46.4 Å². The van der Waals surface area contributed by atoms with Crippen LogP contribution in [0.1, 0.15) is 104 Å². The minimum atomic E-state index is -3.81. The molecule has 0 radical (unpaired) electrons. The van der Waals surface area contributed by atoms with E-state index in [9.17, 15) is 42.6 Å². The number of carboxylic acid groups (broad SMARTS) is 2. The maximum absolute atomic E-state index is 14.1. The van der Waals surface area contributed by atoms with Crippen LogP contribution >= 0.6 is 22.9 Å². The number of aliphatic hydroxyl groups excluding tert-OH is 1. The Balaban J connectivity index is 0.800.